The minimum atomic E-state index is -0.293. The first-order valence-electron chi connectivity index (χ1n) is 6.81. The Morgan fingerprint density at radius 3 is 2.62 bits per heavy atom. The van der Waals surface area contributed by atoms with Crippen LogP contribution in [0.15, 0.2) is 48.8 Å². The molecule has 5 heteroatoms. The van der Waals surface area contributed by atoms with Crippen LogP contribution in [0.4, 0.5) is 5.69 Å². The molecular weight excluding hydrogens is 266 g/mol. The van der Waals surface area contributed by atoms with Gasteiger partial charge < -0.3 is 10.6 Å². The molecule has 0 aliphatic heterocycles. The van der Waals surface area contributed by atoms with Crippen molar-refractivity contribution in [3.8, 4) is 0 Å². The van der Waals surface area contributed by atoms with Crippen molar-refractivity contribution in [2.75, 3.05) is 11.9 Å². The number of rotatable bonds is 5. The number of hydrogen-bond donors (Lipinski definition) is 2. The number of anilines is 1. The van der Waals surface area contributed by atoms with Gasteiger partial charge in [0.25, 0.3) is 11.8 Å². The van der Waals surface area contributed by atoms with Crippen LogP contribution in [0.1, 0.15) is 34.1 Å². The summed E-state index contributed by atoms with van der Waals surface area (Å²) in [5.74, 6) is -0.488. The maximum atomic E-state index is 12.1. The number of nitrogens with zero attached hydrogens (tertiary/aromatic N) is 1. The Morgan fingerprint density at radius 2 is 1.90 bits per heavy atom. The van der Waals surface area contributed by atoms with Gasteiger partial charge in [0.15, 0.2) is 0 Å². The smallest absolute Gasteiger partial charge is 0.257 e. The molecule has 108 valence electrons. The molecule has 0 atom stereocenters. The Hall–Kier alpha value is -2.69. The Labute approximate surface area is 123 Å². The van der Waals surface area contributed by atoms with Crippen LogP contribution < -0.4 is 10.6 Å². The highest BCUT2D eigenvalue weighted by atomic mass is 16.2. The van der Waals surface area contributed by atoms with Gasteiger partial charge in [-0.3, -0.25) is 14.6 Å². The molecule has 1 heterocycles. The molecule has 0 unspecified atom stereocenters. The van der Waals surface area contributed by atoms with E-state index in [9.17, 15) is 9.59 Å². The van der Waals surface area contributed by atoms with Gasteiger partial charge in [0.2, 0.25) is 0 Å². The highest BCUT2D eigenvalue weighted by Crippen LogP contribution is 2.16. The maximum Gasteiger partial charge on any atom is 0.257 e. The van der Waals surface area contributed by atoms with Crippen molar-refractivity contribution in [1.29, 1.82) is 0 Å². The van der Waals surface area contributed by atoms with Gasteiger partial charge in [0.05, 0.1) is 16.8 Å². The first-order chi connectivity index (χ1) is 10.2. The van der Waals surface area contributed by atoms with Gasteiger partial charge in [-0.2, -0.15) is 0 Å². The first kappa shape index (κ1) is 14.7. The zero-order valence-corrected chi connectivity index (χ0v) is 11.8. The van der Waals surface area contributed by atoms with Gasteiger partial charge in [-0.25, -0.2) is 0 Å². The van der Waals surface area contributed by atoms with Crippen LogP contribution >= 0.6 is 0 Å². The Kier molecular flexibility index (Phi) is 5.04. The van der Waals surface area contributed by atoms with E-state index < -0.39 is 0 Å². The zero-order valence-electron chi connectivity index (χ0n) is 11.8. The molecule has 1 aromatic carbocycles. The second kappa shape index (κ2) is 7.19. The minimum Gasteiger partial charge on any atom is -0.352 e. The van der Waals surface area contributed by atoms with Gasteiger partial charge in [-0.15, -0.1) is 0 Å². The molecule has 2 N–H and O–H groups in total. The van der Waals surface area contributed by atoms with Gasteiger partial charge in [-0.05, 0) is 30.7 Å². The summed E-state index contributed by atoms with van der Waals surface area (Å²) in [6.45, 7) is 2.58. The molecule has 2 amide bonds. The Bertz CT molecular complexity index is 626. The highest BCUT2D eigenvalue weighted by molar-refractivity contribution is 6.08. The van der Waals surface area contributed by atoms with Crippen molar-refractivity contribution in [2.24, 2.45) is 0 Å². The van der Waals surface area contributed by atoms with Crippen LogP contribution in [0.3, 0.4) is 0 Å². The number of carbonyl (C=O) groups excluding carboxylic acids is 2. The first-order valence-corrected chi connectivity index (χ1v) is 6.81. The van der Waals surface area contributed by atoms with E-state index >= 15 is 0 Å². The van der Waals surface area contributed by atoms with E-state index in [1.165, 1.54) is 6.20 Å². The van der Waals surface area contributed by atoms with E-state index in [0.717, 1.165) is 6.42 Å². The molecule has 0 aliphatic rings. The lowest BCUT2D eigenvalue weighted by Crippen LogP contribution is -2.25. The number of pyridine rings is 1. The van der Waals surface area contributed by atoms with Crippen LogP contribution in [0, 0.1) is 0 Å². The van der Waals surface area contributed by atoms with Crippen LogP contribution in [0.25, 0.3) is 0 Å². The fourth-order valence-electron chi connectivity index (χ4n) is 1.82. The van der Waals surface area contributed by atoms with Crippen molar-refractivity contribution in [3.05, 3.63) is 59.9 Å². The Balaban J connectivity index is 2.17. The molecule has 21 heavy (non-hydrogen) atoms. The molecule has 0 saturated heterocycles. The molecule has 0 saturated carbocycles. The third-order valence-corrected chi connectivity index (χ3v) is 2.88. The largest absolute Gasteiger partial charge is 0.352 e. The number of aromatic nitrogens is 1. The minimum absolute atomic E-state index is 0.195. The highest BCUT2D eigenvalue weighted by Gasteiger charge is 2.13. The van der Waals surface area contributed by atoms with Crippen molar-refractivity contribution in [1.82, 2.24) is 10.3 Å². The predicted molar refractivity (Wildman–Crippen MR) is 81.3 cm³/mol. The van der Waals surface area contributed by atoms with Crippen molar-refractivity contribution < 1.29 is 9.59 Å². The number of hydrogen-bond acceptors (Lipinski definition) is 3. The lowest BCUT2D eigenvalue weighted by molar-refractivity contribution is 0.0954. The van der Waals surface area contributed by atoms with Gasteiger partial charge >= 0.3 is 0 Å². The summed E-state index contributed by atoms with van der Waals surface area (Å²) < 4.78 is 0. The van der Waals surface area contributed by atoms with E-state index in [-0.39, 0.29) is 11.8 Å². The van der Waals surface area contributed by atoms with E-state index in [0.29, 0.717) is 23.4 Å². The number of benzene rings is 1. The normalized spacial score (nSPS) is 9.95. The summed E-state index contributed by atoms with van der Waals surface area (Å²) in [7, 11) is 0. The summed E-state index contributed by atoms with van der Waals surface area (Å²) in [6.07, 6.45) is 3.94. The zero-order chi connectivity index (χ0) is 15.1. The van der Waals surface area contributed by atoms with Gasteiger partial charge in [-0.1, -0.05) is 19.1 Å². The third kappa shape index (κ3) is 3.89. The fraction of sp³-hybridized carbons (Fsp3) is 0.188. The summed E-state index contributed by atoms with van der Waals surface area (Å²) in [5, 5.41) is 5.54. The molecule has 0 spiro atoms. The number of carbonyl (C=O) groups is 2. The number of nitrogens with one attached hydrogen (secondary N) is 2. The summed E-state index contributed by atoms with van der Waals surface area (Å²) >= 11 is 0. The summed E-state index contributed by atoms with van der Waals surface area (Å²) in [5.41, 5.74) is 1.38. The second-order valence-corrected chi connectivity index (χ2v) is 4.50. The SMILES string of the molecule is CCCNC(=O)c1ccccc1NC(=O)c1cccnc1. The lowest BCUT2D eigenvalue weighted by atomic mass is 10.1. The van der Waals surface area contributed by atoms with Gasteiger partial charge in [0.1, 0.15) is 0 Å². The maximum absolute atomic E-state index is 12.1. The quantitative estimate of drug-likeness (QED) is 0.885. The molecule has 0 aliphatic carbocycles. The lowest BCUT2D eigenvalue weighted by Gasteiger charge is -2.11. The van der Waals surface area contributed by atoms with Gasteiger partial charge in [0, 0.05) is 18.9 Å². The van der Waals surface area contributed by atoms with Crippen LogP contribution in [-0.2, 0) is 0 Å². The standard InChI is InChI=1S/C16H17N3O2/c1-2-9-18-16(21)13-7-3-4-8-14(13)19-15(20)12-6-5-10-17-11-12/h3-8,10-11H,2,9H2,1H3,(H,18,21)(H,19,20). The van der Waals surface area contributed by atoms with E-state index in [1.807, 2.05) is 6.92 Å². The van der Waals surface area contributed by atoms with E-state index in [2.05, 4.69) is 15.6 Å². The molecule has 0 bridgehead atoms. The molecule has 2 rings (SSSR count). The van der Waals surface area contributed by atoms with Crippen LogP contribution in [-0.4, -0.2) is 23.3 Å². The average Bonchev–Trinajstić information content (AvgIpc) is 2.54. The Morgan fingerprint density at radius 1 is 1.10 bits per heavy atom. The van der Waals surface area contributed by atoms with E-state index in [1.54, 1.807) is 42.6 Å². The summed E-state index contributed by atoms with van der Waals surface area (Å²) in [6, 6.07) is 10.3. The number of amides is 2. The second-order valence-electron chi connectivity index (χ2n) is 4.50. The summed E-state index contributed by atoms with van der Waals surface area (Å²) in [4.78, 5) is 28.1. The average molecular weight is 283 g/mol. The third-order valence-electron chi connectivity index (χ3n) is 2.88. The van der Waals surface area contributed by atoms with E-state index in [4.69, 9.17) is 0 Å². The molecule has 5 nitrogen and oxygen atoms in total. The fourth-order valence-corrected chi connectivity index (χ4v) is 1.82. The molecule has 2 aromatic rings. The van der Waals surface area contributed by atoms with Crippen molar-refractivity contribution in [3.63, 3.8) is 0 Å². The van der Waals surface area contributed by atoms with Crippen LogP contribution in [0.5, 0.6) is 0 Å². The monoisotopic (exact) mass is 283 g/mol. The topological polar surface area (TPSA) is 71.1 Å². The van der Waals surface area contributed by atoms with Crippen molar-refractivity contribution in [2.45, 2.75) is 13.3 Å². The predicted octanol–water partition coefficient (Wildman–Crippen LogP) is 2.47. The molecule has 1 aromatic heterocycles. The molecule has 0 fully saturated rings. The van der Waals surface area contributed by atoms with Crippen molar-refractivity contribution >= 4 is 17.5 Å². The number of para-hydroxylation sites is 1. The van der Waals surface area contributed by atoms with Crippen LogP contribution in [0.2, 0.25) is 0 Å². The molecular formula is C16H17N3O2. The molecule has 0 radical (unpaired) electrons.